The maximum absolute atomic E-state index is 13.9. The molecular weight excluding hydrogens is 484 g/mol. The highest BCUT2D eigenvalue weighted by Gasteiger charge is 2.53. The molecule has 11 heteroatoms. The van der Waals surface area contributed by atoms with Crippen molar-refractivity contribution in [1.82, 2.24) is 14.8 Å². The molecule has 1 aliphatic heterocycles. The zero-order valence-corrected chi connectivity index (χ0v) is 20.5. The number of pyridine rings is 1. The number of hydrogen-bond acceptors (Lipinski definition) is 5. The predicted molar refractivity (Wildman–Crippen MR) is 126 cm³/mol. The quantitative estimate of drug-likeness (QED) is 0.621. The van der Waals surface area contributed by atoms with Gasteiger partial charge in [-0.3, -0.25) is 14.4 Å². The summed E-state index contributed by atoms with van der Waals surface area (Å²) in [5, 5.41) is 13.2. The lowest BCUT2D eigenvalue weighted by Crippen LogP contribution is -2.63. The van der Waals surface area contributed by atoms with Crippen molar-refractivity contribution in [2.24, 2.45) is 0 Å². The summed E-state index contributed by atoms with van der Waals surface area (Å²) in [4.78, 5) is 40.4. The van der Waals surface area contributed by atoms with E-state index < -0.39 is 40.2 Å². The van der Waals surface area contributed by atoms with E-state index in [0.717, 1.165) is 6.07 Å². The molecule has 2 N–H and O–H groups in total. The van der Waals surface area contributed by atoms with Gasteiger partial charge in [0.1, 0.15) is 17.2 Å². The van der Waals surface area contributed by atoms with Crippen LogP contribution in [0.3, 0.4) is 0 Å². The lowest BCUT2D eigenvalue weighted by molar-refractivity contribution is -0.0871. The van der Waals surface area contributed by atoms with Gasteiger partial charge in [-0.2, -0.15) is 0 Å². The van der Waals surface area contributed by atoms with Gasteiger partial charge >= 0.3 is 0 Å². The molecule has 8 nitrogen and oxygen atoms in total. The smallest absolute Gasteiger partial charge is 0.274 e. The molecule has 0 atom stereocenters. The zero-order valence-electron chi connectivity index (χ0n) is 19.6. The number of fused-ring (bicyclic) bond motifs is 2. The predicted octanol–water partition coefficient (Wildman–Crippen LogP) is 2.94. The van der Waals surface area contributed by atoms with E-state index in [2.05, 4.69) is 5.32 Å². The molecule has 1 spiro atoms. The Morgan fingerprint density at radius 1 is 1.29 bits per heavy atom. The molecule has 1 saturated carbocycles. The number of nitrogens with one attached hydrogen (secondary N) is 1. The average Bonchev–Trinajstić information content (AvgIpc) is 2.75. The number of amides is 2. The lowest BCUT2D eigenvalue weighted by atomic mass is 9.71. The molecule has 0 bridgehead atoms. The number of halogens is 3. The molecule has 0 saturated heterocycles. The van der Waals surface area contributed by atoms with E-state index in [1.165, 1.54) is 16.8 Å². The summed E-state index contributed by atoms with van der Waals surface area (Å²) in [6.45, 7) is 6.19. The molecule has 4 rings (SSSR count). The van der Waals surface area contributed by atoms with Crippen molar-refractivity contribution in [1.29, 1.82) is 0 Å². The Labute approximate surface area is 207 Å². The second-order valence-corrected chi connectivity index (χ2v) is 9.09. The van der Waals surface area contributed by atoms with Crippen molar-refractivity contribution in [2.75, 3.05) is 13.2 Å². The highest BCUT2D eigenvalue weighted by atomic mass is 35.5. The van der Waals surface area contributed by atoms with Crippen LogP contribution in [0.1, 0.15) is 60.0 Å². The van der Waals surface area contributed by atoms with E-state index >= 15 is 0 Å². The van der Waals surface area contributed by atoms with Gasteiger partial charge in [-0.25, -0.2) is 8.78 Å². The van der Waals surface area contributed by atoms with Gasteiger partial charge in [0.25, 0.3) is 11.8 Å². The maximum Gasteiger partial charge on any atom is 0.274 e. The van der Waals surface area contributed by atoms with Crippen molar-refractivity contribution in [3.8, 4) is 5.75 Å². The summed E-state index contributed by atoms with van der Waals surface area (Å²) >= 11 is 0. The van der Waals surface area contributed by atoms with Crippen LogP contribution in [0.4, 0.5) is 8.78 Å². The van der Waals surface area contributed by atoms with E-state index in [0.29, 0.717) is 32.1 Å². The zero-order chi connectivity index (χ0) is 24.8. The Kier molecular flexibility index (Phi) is 7.56. The van der Waals surface area contributed by atoms with Crippen LogP contribution in [-0.4, -0.2) is 51.7 Å². The van der Waals surface area contributed by atoms with Crippen molar-refractivity contribution in [3.05, 3.63) is 63.1 Å². The van der Waals surface area contributed by atoms with Gasteiger partial charge in [0.05, 0.1) is 11.6 Å². The van der Waals surface area contributed by atoms with E-state index in [1.807, 2.05) is 20.8 Å². The number of carbonyl (C=O) groups excluding carboxylic acids is 2. The Morgan fingerprint density at radius 2 is 1.97 bits per heavy atom. The average molecular weight is 512 g/mol. The second kappa shape index (κ2) is 9.94. The SMILES string of the molecule is CCOC1CC2(C1)CN(C(C)C)C(=O)c1c(O)c(=O)c(C(=O)NCc3ccc(F)cc3F)cn12.Cl. The summed E-state index contributed by atoms with van der Waals surface area (Å²) in [6, 6.07) is 2.79. The van der Waals surface area contributed by atoms with Gasteiger partial charge in [0.2, 0.25) is 5.43 Å². The van der Waals surface area contributed by atoms with Gasteiger partial charge in [0, 0.05) is 43.6 Å². The summed E-state index contributed by atoms with van der Waals surface area (Å²) in [5.41, 5.74) is -2.10. The standard InChI is InChI=1S/C24H27F2N3O5.ClH/c1-4-34-16-8-24(9-16)12-28(13(2)3)23(33)19-21(31)20(30)17(11-29(19)24)22(32)27-10-14-5-6-15(25)7-18(14)26;/h5-7,11,13,16,31H,4,8-10,12H2,1-3H3,(H,27,32);1H. The van der Waals surface area contributed by atoms with Crippen molar-refractivity contribution >= 4 is 24.2 Å². The van der Waals surface area contributed by atoms with Crippen LogP contribution in [0.5, 0.6) is 5.75 Å². The van der Waals surface area contributed by atoms with Crippen molar-refractivity contribution < 1.29 is 28.2 Å². The molecule has 2 aliphatic rings. The first-order valence-electron chi connectivity index (χ1n) is 11.2. The number of carbonyl (C=O) groups is 2. The summed E-state index contributed by atoms with van der Waals surface area (Å²) < 4.78 is 34.3. The molecule has 2 amide bonds. The fraction of sp³-hybridized carbons (Fsp3) is 0.458. The van der Waals surface area contributed by atoms with Crippen molar-refractivity contribution in [2.45, 2.75) is 57.8 Å². The van der Waals surface area contributed by atoms with Crippen LogP contribution < -0.4 is 10.7 Å². The Bertz CT molecular complexity index is 1210. The van der Waals surface area contributed by atoms with Crippen LogP contribution in [0.15, 0.2) is 29.2 Å². The van der Waals surface area contributed by atoms with Gasteiger partial charge < -0.3 is 24.6 Å². The molecule has 35 heavy (non-hydrogen) atoms. The number of ether oxygens (including phenoxy) is 1. The first-order valence-corrected chi connectivity index (χ1v) is 11.2. The highest BCUT2D eigenvalue weighted by Crippen LogP contribution is 2.46. The topological polar surface area (TPSA) is 101 Å². The molecule has 0 radical (unpaired) electrons. The fourth-order valence-electron chi connectivity index (χ4n) is 4.76. The minimum Gasteiger partial charge on any atom is -0.503 e. The van der Waals surface area contributed by atoms with Crippen molar-refractivity contribution in [3.63, 3.8) is 0 Å². The monoisotopic (exact) mass is 511 g/mol. The van der Waals surface area contributed by atoms with E-state index in [9.17, 15) is 28.3 Å². The van der Waals surface area contributed by atoms with Gasteiger partial charge in [-0.05, 0) is 39.7 Å². The molecule has 2 aromatic rings. The highest BCUT2D eigenvalue weighted by molar-refractivity contribution is 5.99. The molecule has 1 fully saturated rings. The molecule has 1 aromatic heterocycles. The van der Waals surface area contributed by atoms with E-state index in [-0.39, 0.29) is 47.9 Å². The number of hydrogen-bond donors (Lipinski definition) is 2. The van der Waals surface area contributed by atoms with Gasteiger partial charge in [0.15, 0.2) is 11.4 Å². The molecule has 1 aromatic carbocycles. The first kappa shape index (κ1) is 26.6. The Hall–Kier alpha value is -2.98. The van der Waals surface area contributed by atoms with Gasteiger partial charge in [-0.15, -0.1) is 12.4 Å². The third-order valence-electron chi connectivity index (χ3n) is 6.56. The molecule has 190 valence electrons. The molecule has 0 unspecified atom stereocenters. The number of rotatable bonds is 6. The molecule has 2 heterocycles. The first-order chi connectivity index (χ1) is 16.1. The summed E-state index contributed by atoms with van der Waals surface area (Å²) in [6.07, 6.45) is 2.36. The lowest BCUT2D eigenvalue weighted by Gasteiger charge is -2.55. The van der Waals surface area contributed by atoms with Crippen LogP contribution in [-0.2, 0) is 16.8 Å². The minimum atomic E-state index is -0.988. The number of nitrogens with zero attached hydrogens (tertiary/aromatic N) is 2. The van der Waals surface area contributed by atoms with Crippen LogP contribution >= 0.6 is 12.4 Å². The maximum atomic E-state index is 13.9. The second-order valence-electron chi connectivity index (χ2n) is 9.09. The van der Waals surface area contributed by atoms with Crippen LogP contribution in [0.2, 0.25) is 0 Å². The summed E-state index contributed by atoms with van der Waals surface area (Å²) in [5.74, 6) is -3.71. The summed E-state index contributed by atoms with van der Waals surface area (Å²) in [7, 11) is 0. The Balaban J connectivity index is 0.00000342. The molecular formula is C24H28ClF2N3O5. The van der Waals surface area contributed by atoms with Crippen LogP contribution in [0, 0.1) is 11.6 Å². The van der Waals surface area contributed by atoms with E-state index in [1.54, 1.807) is 4.90 Å². The third kappa shape index (κ3) is 4.64. The van der Waals surface area contributed by atoms with Crippen LogP contribution in [0.25, 0.3) is 0 Å². The minimum absolute atomic E-state index is 0. The molecule has 1 aliphatic carbocycles. The Morgan fingerprint density at radius 3 is 2.57 bits per heavy atom. The number of aromatic nitrogens is 1. The van der Waals surface area contributed by atoms with E-state index in [4.69, 9.17) is 4.74 Å². The normalized spacial score (nSPS) is 20.9. The van der Waals surface area contributed by atoms with Gasteiger partial charge in [-0.1, -0.05) is 6.07 Å². The largest absolute Gasteiger partial charge is 0.503 e. The fourth-order valence-corrected chi connectivity index (χ4v) is 4.76. The number of benzene rings is 1. The number of aromatic hydroxyl groups is 1. The third-order valence-corrected chi connectivity index (χ3v) is 6.56.